The first-order chi connectivity index (χ1) is 13.5. The molecule has 0 aliphatic carbocycles. The molecule has 0 aliphatic rings. The SMILES string of the molecule is CN=C(NCCCNC(=O)c1occc1C)N(C)Cc1ccc(OC)c(F)c1. The molecule has 152 valence electrons. The van der Waals surface area contributed by atoms with Crippen LogP contribution in [0.2, 0.25) is 0 Å². The van der Waals surface area contributed by atoms with Crippen LogP contribution in [0.15, 0.2) is 39.9 Å². The lowest BCUT2D eigenvalue weighted by atomic mass is 10.2. The third-order valence-electron chi connectivity index (χ3n) is 4.20. The molecule has 2 N–H and O–H groups in total. The maximum Gasteiger partial charge on any atom is 0.287 e. The van der Waals surface area contributed by atoms with Crippen LogP contribution in [0.5, 0.6) is 5.75 Å². The van der Waals surface area contributed by atoms with Crippen molar-refractivity contribution >= 4 is 11.9 Å². The van der Waals surface area contributed by atoms with Gasteiger partial charge < -0.3 is 24.7 Å². The topological polar surface area (TPSA) is 79.1 Å². The van der Waals surface area contributed by atoms with Crippen LogP contribution in [-0.2, 0) is 6.54 Å². The minimum atomic E-state index is -0.390. The number of methoxy groups -OCH3 is 1. The fourth-order valence-electron chi connectivity index (χ4n) is 2.72. The van der Waals surface area contributed by atoms with E-state index in [1.54, 1.807) is 19.2 Å². The summed E-state index contributed by atoms with van der Waals surface area (Å²) in [4.78, 5) is 18.1. The van der Waals surface area contributed by atoms with Gasteiger partial charge in [0, 0.05) is 39.3 Å². The highest BCUT2D eigenvalue weighted by Crippen LogP contribution is 2.18. The molecule has 0 atom stereocenters. The number of guanidine groups is 1. The maximum absolute atomic E-state index is 13.8. The van der Waals surface area contributed by atoms with Crippen LogP contribution in [0.1, 0.15) is 28.1 Å². The van der Waals surface area contributed by atoms with E-state index in [4.69, 9.17) is 9.15 Å². The molecule has 1 aromatic carbocycles. The van der Waals surface area contributed by atoms with Crippen molar-refractivity contribution in [2.75, 3.05) is 34.3 Å². The van der Waals surface area contributed by atoms with Gasteiger partial charge in [0.1, 0.15) is 0 Å². The molecule has 8 heteroatoms. The first kappa shape index (κ1) is 21.3. The van der Waals surface area contributed by atoms with Crippen LogP contribution < -0.4 is 15.4 Å². The van der Waals surface area contributed by atoms with Gasteiger partial charge in [0.25, 0.3) is 5.91 Å². The normalized spacial score (nSPS) is 11.2. The number of nitrogens with one attached hydrogen (secondary N) is 2. The first-order valence-corrected chi connectivity index (χ1v) is 9.02. The molecular weight excluding hydrogens is 363 g/mol. The summed E-state index contributed by atoms with van der Waals surface area (Å²) in [5.74, 6) is 0.643. The number of aliphatic imine (C=N–C) groups is 1. The van der Waals surface area contributed by atoms with Gasteiger partial charge in [0.15, 0.2) is 23.3 Å². The van der Waals surface area contributed by atoms with Crippen LogP contribution in [0, 0.1) is 12.7 Å². The second-order valence-corrected chi connectivity index (χ2v) is 6.34. The molecule has 0 radical (unpaired) electrons. The number of rotatable bonds is 8. The summed E-state index contributed by atoms with van der Waals surface area (Å²) in [5, 5.41) is 6.05. The molecular formula is C20H27FN4O3. The Morgan fingerprint density at radius 3 is 2.64 bits per heavy atom. The monoisotopic (exact) mass is 390 g/mol. The standard InChI is InChI=1S/C20H27FN4O3/c1-14-8-11-28-18(14)19(26)23-9-5-10-24-20(22-2)25(3)13-15-6-7-17(27-4)16(21)12-15/h6-8,11-12H,5,9-10,13H2,1-4H3,(H,22,24)(H,23,26). The predicted octanol–water partition coefficient (Wildman–Crippen LogP) is 2.56. The average molecular weight is 390 g/mol. The molecule has 0 aliphatic heterocycles. The number of aryl methyl sites for hydroxylation is 1. The Kier molecular flexibility index (Phi) is 7.86. The second kappa shape index (κ2) is 10.3. The van der Waals surface area contributed by atoms with E-state index in [1.165, 1.54) is 19.4 Å². The molecule has 0 fully saturated rings. The molecule has 2 aromatic rings. The molecule has 7 nitrogen and oxygen atoms in total. The summed E-state index contributed by atoms with van der Waals surface area (Å²) in [6, 6.07) is 6.63. The molecule has 0 unspecified atom stereocenters. The van der Waals surface area contributed by atoms with Crippen LogP contribution >= 0.6 is 0 Å². The van der Waals surface area contributed by atoms with E-state index in [1.807, 2.05) is 24.9 Å². The minimum absolute atomic E-state index is 0.217. The van der Waals surface area contributed by atoms with Gasteiger partial charge in [-0.05, 0) is 37.1 Å². The number of hydrogen-bond donors (Lipinski definition) is 2. The predicted molar refractivity (Wildman–Crippen MR) is 106 cm³/mol. The quantitative estimate of drug-likeness (QED) is 0.411. The number of carbonyl (C=O) groups excluding carboxylic acids is 1. The van der Waals surface area contributed by atoms with Crippen LogP contribution in [0.25, 0.3) is 0 Å². The van der Waals surface area contributed by atoms with Gasteiger partial charge in [0.05, 0.1) is 13.4 Å². The molecule has 1 aromatic heterocycles. The maximum atomic E-state index is 13.8. The lowest BCUT2D eigenvalue weighted by molar-refractivity contribution is 0.0925. The van der Waals surface area contributed by atoms with Crippen molar-refractivity contribution in [2.45, 2.75) is 19.9 Å². The average Bonchev–Trinajstić information content (AvgIpc) is 3.10. The number of furan rings is 1. The van der Waals surface area contributed by atoms with Gasteiger partial charge in [-0.1, -0.05) is 6.07 Å². The van der Waals surface area contributed by atoms with E-state index in [9.17, 15) is 9.18 Å². The number of amides is 1. The first-order valence-electron chi connectivity index (χ1n) is 9.02. The van der Waals surface area contributed by atoms with Crippen molar-refractivity contribution in [3.63, 3.8) is 0 Å². The molecule has 0 saturated heterocycles. The van der Waals surface area contributed by atoms with Crippen LogP contribution in [-0.4, -0.2) is 51.1 Å². The van der Waals surface area contributed by atoms with E-state index in [-0.39, 0.29) is 17.5 Å². The van der Waals surface area contributed by atoms with Gasteiger partial charge >= 0.3 is 0 Å². The Morgan fingerprint density at radius 1 is 1.29 bits per heavy atom. The lowest BCUT2D eigenvalue weighted by Crippen LogP contribution is -2.39. The fraction of sp³-hybridized carbons (Fsp3) is 0.400. The van der Waals surface area contributed by atoms with Gasteiger partial charge in [-0.25, -0.2) is 4.39 Å². The van der Waals surface area contributed by atoms with Gasteiger partial charge in [-0.15, -0.1) is 0 Å². The largest absolute Gasteiger partial charge is 0.494 e. The number of benzene rings is 1. The molecule has 1 amide bonds. The Balaban J connectivity index is 1.75. The summed E-state index contributed by atoms with van der Waals surface area (Å²) in [6.45, 7) is 3.46. The van der Waals surface area contributed by atoms with E-state index in [0.717, 1.165) is 17.5 Å². The zero-order valence-electron chi connectivity index (χ0n) is 16.7. The summed E-state index contributed by atoms with van der Waals surface area (Å²) in [7, 11) is 5.00. The highest BCUT2D eigenvalue weighted by Gasteiger charge is 2.12. The van der Waals surface area contributed by atoms with Gasteiger partial charge in [-0.3, -0.25) is 9.79 Å². The van der Waals surface area contributed by atoms with Crippen molar-refractivity contribution in [3.05, 3.63) is 53.2 Å². The molecule has 2 rings (SSSR count). The van der Waals surface area contributed by atoms with Crippen molar-refractivity contribution in [1.29, 1.82) is 0 Å². The summed E-state index contributed by atoms with van der Waals surface area (Å²) in [6.07, 6.45) is 2.22. The molecule has 0 saturated carbocycles. The molecule has 0 spiro atoms. The Morgan fingerprint density at radius 2 is 2.04 bits per heavy atom. The van der Waals surface area contributed by atoms with Crippen LogP contribution in [0.4, 0.5) is 4.39 Å². The van der Waals surface area contributed by atoms with Gasteiger partial charge in [0.2, 0.25) is 0 Å². The van der Waals surface area contributed by atoms with Crippen molar-refractivity contribution in [3.8, 4) is 5.75 Å². The second-order valence-electron chi connectivity index (χ2n) is 6.34. The Bertz CT molecular complexity index is 820. The number of ether oxygens (including phenoxy) is 1. The summed E-state index contributed by atoms with van der Waals surface area (Å²) < 4.78 is 23.9. The highest BCUT2D eigenvalue weighted by molar-refractivity contribution is 5.92. The van der Waals surface area contributed by atoms with E-state index in [0.29, 0.717) is 31.4 Å². The highest BCUT2D eigenvalue weighted by atomic mass is 19.1. The Hall–Kier alpha value is -3.03. The molecule has 0 bridgehead atoms. The molecule has 1 heterocycles. The van der Waals surface area contributed by atoms with Crippen molar-refractivity contribution < 1.29 is 18.3 Å². The van der Waals surface area contributed by atoms with E-state index < -0.39 is 0 Å². The molecule has 28 heavy (non-hydrogen) atoms. The van der Waals surface area contributed by atoms with Crippen LogP contribution in [0.3, 0.4) is 0 Å². The van der Waals surface area contributed by atoms with Gasteiger partial charge in [-0.2, -0.15) is 0 Å². The number of halogens is 1. The van der Waals surface area contributed by atoms with Crippen molar-refractivity contribution in [1.82, 2.24) is 15.5 Å². The number of carbonyl (C=O) groups is 1. The number of hydrogen-bond acceptors (Lipinski definition) is 4. The summed E-state index contributed by atoms with van der Waals surface area (Å²) >= 11 is 0. The van der Waals surface area contributed by atoms with Crippen molar-refractivity contribution in [2.24, 2.45) is 4.99 Å². The third-order valence-corrected chi connectivity index (χ3v) is 4.20. The zero-order chi connectivity index (χ0) is 20.5. The zero-order valence-corrected chi connectivity index (χ0v) is 16.7. The minimum Gasteiger partial charge on any atom is -0.494 e. The smallest absolute Gasteiger partial charge is 0.287 e. The summed E-state index contributed by atoms with van der Waals surface area (Å²) in [5.41, 5.74) is 1.62. The fourth-order valence-corrected chi connectivity index (χ4v) is 2.72. The van der Waals surface area contributed by atoms with E-state index >= 15 is 0 Å². The Labute approximate surface area is 164 Å². The third kappa shape index (κ3) is 5.73. The lowest BCUT2D eigenvalue weighted by Gasteiger charge is -2.22. The number of nitrogens with zero attached hydrogens (tertiary/aromatic N) is 2. The van der Waals surface area contributed by atoms with E-state index in [2.05, 4.69) is 15.6 Å².